The van der Waals surface area contributed by atoms with Crippen LogP contribution in [-0.4, -0.2) is 193 Å². The Hall–Kier alpha value is -4.07. The first-order valence-corrected chi connectivity index (χ1v) is 44.4. The maximum atomic E-state index is 13.5. The summed E-state index contributed by atoms with van der Waals surface area (Å²) in [4.78, 5) is 13.5. The highest BCUT2D eigenvalue weighted by molar-refractivity contribution is 5.76. The van der Waals surface area contributed by atoms with Crippen LogP contribution in [0, 0.1) is 0 Å². The van der Waals surface area contributed by atoms with Gasteiger partial charge in [0.2, 0.25) is 5.91 Å². The summed E-state index contributed by atoms with van der Waals surface area (Å²) in [5.74, 6) is -0.286. The fraction of sp³-hybridized carbons (Fsp3) is 0.753. The molecule has 3 aliphatic rings. The molecule has 0 aromatic rings. The number of allylic oxidation sites excluding steroid dienone is 21. The first kappa shape index (κ1) is 102. The van der Waals surface area contributed by atoms with Crippen molar-refractivity contribution >= 4 is 5.91 Å². The Morgan fingerprint density at radius 3 is 0.964 bits per heavy atom. The number of aliphatic hydroxyl groups excluding tert-OH is 11. The van der Waals surface area contributed by atoms with Gasteiger partial charge in [0.05, 0.1) is 38.6 Å². The minimum absolute atomic E-state index is 0.226. The van der Waals surface area contributed by atoms with Crippen molar-refractivity contribution in [2.45, 2.75) is 420 Å². The van der Waals surface area contributed by atoms with E-state index in [1.807, 2.05) is 6.08 Å². The number of nitrogens with one attached hydrogen (secondary N) is 1. The van der Waals surface area contributed by atoms with Gasteiger partial charge in [-0.15, -0.1) is 0 Å². The zero-order chi connectivity index (χ0) is 81.0. The Morgan fingerprint density at radius 2 is 0.616 bits per heavy atom. The molecule has 644 valence electrons. The molecule has 12 N–H and O–H groups in total. The summed E-state index contributed by atoms with van der Waals surface area (Å²) < 4.78 is 34.5. The summed E-state index contributed by atoms with van der Waals surface area (Å²) >= 11 is 0. The first-order chi connectivity index (χ1) is 54.8. The van der Waals surface area contributed by atoms with Crippen LogP contribution in [-0.2, 0) is 33.2 Å². The van der Waals surface area contributed by atoms with Crippen LogP contribution in [0.25, 0.3) is 0 Å². The van der Waals surface area contributed by atoms with Crippen molar-refractivity contribution < 1.29 is 89.4 Å². The van der Waals surface area contributed by atoms with Gasteiger partial charge in [0.15, 0.2) is 18.9 Å². The molecule has 0 aromatic carbocycles. The second kappa shape index (κ2) is 71.1. The second-order valence-electron chi connectivity index (χ2n) is 31.0. The number of unbranched alkanes of at least 4 members (excludes halogenated alkanes) is 34. The molecule has 0 aliphatic carbocycles. The fourth-order valence-corrected chi connectivity index (χ4v) is 14.2. The van der Waals surface area contributed by atoms with Gasteiger partial charge >= 0.3 is 0 Å². The van der Waals surface area contributed by atoms with E-state index in [-0.39, 0.29) is 18.9 Å². The number of amides is 1. The molecule has 0 saturated carbocycles. The average Bonchev–Trinajstić information content (AvgIpc) is 0.780. The van der Waals surface area contributed by atoms with E-state index < -0.39 is 124 Å². The molecule has 3 rings (SSSR count). The van der Waals surface area contributed by atoms with E-state index >= 15 is 0 Å². The van der Waals surface area contributed by atoms with Crippen LogP contribution in [0.3, 0.4) is 0 Å². The molecule has 1 amide bonds. The SMILES string of the molecule is CC/C=C\C/C=C\C/C=C\C/C=C\C/C=C\C/C=C\C/C=C\C/C=C\C/C=C\C/C=C\CCCCCCCCCCC(=O)NC(COC1OC(CO)C(OC2OC(CO)C(OC3OC(CO)C(O)C(O)C3O)C(O)C2O)C(O)C1O)C(O)/C=C/CCCCCCCCCCCCCCCCCCCCCCCCCCCC. The lowest BCUT2D eigenvalue weighted by molar-refractivity contribution is -0.379. The highest BCUT2D eigenvalue weighted by Crippen LogP contribution is 2.33. The quantitative estimate of drug-likeness (QED) is 0.0199. The molecular formula is C93H159NO18. The van der Waals surface area contributed by atoms with Gasteiger partial charge in [0.1, 0.15) is 73.2 Å². The van der Waals surface area contributed by atoms with E-state index in [1.165, 1.54) is 154 Å². The molecular weight excluding hydrogens is 1420 g/mol. The van der Waals surface area contributed by atoms with Gasteiger partial charge in [0.25, 0.3) is 0 Å². The lowest BCUT2D eigenvalue weighted by atomic mass is 9.96. The Balaban J connectivity index is 1.35. The maximum absolute atomic E-state index is 13.5. The summed E-state index contributed by atoms with van der Waals surface area (Å²) in [6.07, 6.45) is 75.8. The van der Waals surface area contributed by atoms with E-state index in [4.69, 9.17) is 28.4 Å². The van der Waals surface area contributed by atoms with Crippen molar-refractivity contribution in [2.75, 3.05) is 26.4 Å². The predicted octanol–water partition coefficient (Wildman–Crippen LogP) is 16.8. The summed E-state index contributed by atoms with van der Waals surface area (Å²) in [5, 5.41) is 121. The Bertz CT molecular complexity index is 2540. The highest BCUT2D eigenvalue weighted by atomic mass is 16.8. The van der Waals surface area contributed by atoms with E-state index in [0.29, 0.717) is 6.42 Å². The number of hydrogen-bond donors (Lipinski definition) is 12. The smallest absolute Gasteiger partial charge is 0.220 e. The summed E-state index contributed by atoms with van der Waals surface area (Å²) in [7, 11) is 0. The normalized spacial score (nSPS) is 25.6. The van der Waals surface area contributed by atoms with Crippen LogP contribution < -0.4 is 5.32 Å². The summed E-state index contributed by atoms with van der Waals surface area (Å²) in [6.45, 7) is 1.64. The number of carbonyl (C=O) groups excluding carboxylic acids is 1. The monoisotopic (exact) mass is 1580 g/mol. The van der Waals surface area contributed by atoms with Gasteiger partial charge < -0.3 is 89.9 Å². The standard InChI is InChI=1S/C93H159NO18/c1-3-5-7-9-11-13-15-17-19-21-23-25-27-29-31-33-34-35-36-37-38-39-40-41-42-43-45-47-49-51-53-55-57-59-61-63-65-67-69-71-81(99)94-76(77(98)70-68-66-64-62-60-58-56-54-52-50-48-46-44-32-30-28-26-24-22-20-18-16-14-12-10-8-6-4-2)75-107-91-87(105)84(102)89(79(73-96)109-91)112-93-88(106)85(103)90(80(74-97)110-93)111-92-86(104)83(101)82(100)78(72-95)108-92/h5,7,11,13,17,19,23,25,29,31,34-35,37-38,40-41,43,45,49,51,68,70,76-80,82-93,95-98,100-106H,3-4,6,8-10,12,14-16,18,20-22,24,26-28,30,32-33,36,39,42,44,46-48,50,52-67,69,71-75H2,1-2H3,(H,94,99)/b7-5-,13-11-,19-17-,25-23-,31-29-,35-34-,38-37-,41-40-,45-43-,51-49-,70-68+. The van der Waals surface area contributed by atoms with Crippen molar-refractivity contribution in [1.29, 1.82) is 0 Å². The van der Waals surface area contributed by atoms with E-state index in [9.17, 15) is 61.0 Å². The molecule has 112 heavy (non-hydrogen) atoms. The van der Waals surface area contributed by atoms with Crippen molar-refractivity contribution in [2.24, 2.45) is 0 Å². The molecule has 19 heteroatoms. The number of carbonyl (C=O) groups is 1. The molecule has 3 saturated heterocycles. The number of hydrogen-bond acceptors (Lipinski definition) is 18. The van der Waals surface area contributed by atoms with Crippen molar-refractivity contribution in [3.8, 4) is 0 Å². The van der Waals surface area contributed by atoms with Gasteiger partial charge in [-0.2, -0.15) is 0 Å². The topological polar surface area (TPSA) is 307 Å². The Morgan fingerprint density at radius 1 is 0.330 bits per heavy atom. The molecule has 0 spiro atoms. The minimum atomic E-state index is -1.99. The molecule has 3 heterocycles. The maximum Gasteiger partial charge on any atom is 0.220 e. The molecule has 17 atom stereocenters. The minimum Gasteiger partial charge on any atom is -0.394 e. The van der Waals surface area contributed by atoms with E-state index in [0.717, 1.165) is 135 Å². The first-order valence-electron chi connectivity index (χ1n) is 44.4. The Labute approximate surface area is 677 Å². The zero-order valence-corrected chi connectivity index (χ0v) is 69.4. The van der Waals surface area contributed by atoms with Crippen LogP contribution in [0.4, 0.5) is 0 Å². The van der Waals surface area contributed by atoms with Crippen LogP contribution in [0.5, 0.6) is 0 Å². The van der Waals surface area contributed by atoms with Gasteiger partial charge in [-0.25, -0.2) is 0 Å². The lowest BCUT2D eigenvalue weighted by Crippen LogP contribution is -2.66. The largest absolute Gasteiger partial charge is 0.394 e. The van der Waals surface area contributed by atoms with Crippen molar-refractivity contribution in [3.63, 3.8) is 0 Å². The second-order valence-corrected chi connectivity index (χ2v) is 31.0. The number of rotatable bonds is 70. The Kier molecular flexibility index (Phi) is 64.8. The number of ether oxygens (including phenoxy) is 6. The van der Waals surface area contributed by atoms with Crippen LogP contribution in [0.1, 0.15) is 316 Å². The van der Waals surface area contributed by atoms with E-state index in [2.05, 4.69) is 141 Å². The van der Waals surface area contributed by atoms with Crippen molar-refractivity contribution in [1.82, 2.24) is 5.32 Å². The third kappa shape index (κ3) is 49.2. The van der Waals surface area contributed by atoms with Crippen LogP contribution in [0.15, 0.2) is 134 Å². The molecule has 0 bridgehead atoms. The van der Waals surface area contributed by atoms with Gasteiger partial charge in [0, 0.05) is 6.42 Å². The van der Waals surface area contributed by atoms with Crippen LogP contribution in [0.2, 0.25) is 0 Å². The fourth-order valence-electron chi connectivity index (χ4n) is 14.2. The van der Waals surface area contributed by atoms with E-state index in [1.54, 1.807) is 6.08 Å². The molecule has 3 fully saturated rings. The molecule has 17 unspecified atom stereocenters. The third-order valence-corrected chi connectivity index (χ3v) is 21.2. The summed E-state index contributed by atoms with van der Waals surface area (Å²) in [5.41, 5.74) is 0. The summed E-state index contributed by atoms with van der Waals surface area (Å²) in [6, 6.07) is -0.989. The lowest BCUT2D eigenvalue weighted by Gasteiger charge is -2.48. The predicted molar refractivity (Wildman–Crippen MR) is 452 cm³/mol. The third-order valence-electron chi connectivity index (χ3n) is 21.2. The molecule has 19 nitrogen and oxygen atoms in total. The van der Waals surface area contributed by atoms with Crippen LogP contribution >= 0.6 is 0 Å². The van der Waals surface area contributed by atoms with Gasteiger partial charge in [-0.3, -0.25) is 4.79 Å². The van der Waals surface area contributed by atoms with Gasteiger partial charge in [-0.1, -0.05) is 347 Å². The molecule has 0 aromatic heterocycles. The van der Waals surface area contributed by atoms with Crippen molar-refractivity contribution in [3.05, 3.63) is 134 Å². The zero-order valence-electron chi connectivity index (χ0n) is 69.4. The molecule has 0 radical (unpaired) electrons. The van der Waals surface area contributed by atoms with Gasteiger partial charge in [-0.05, 0) is 96.3 Å². The molecule has 3 aliphatic heterocycles. The average molecular weight is 1580 g/mol. The number of aliphatic hydroxyl groups is 11. The highest BCUT2D eigenvalue weighted by Gasteiger charge is 2.54.